The highest BCUT2D eigenvalue weighted by atomic mass is 14.9. The van der Waals surface area contributed by atoms with E-state index in [0.717, 1.165) is 0 Å². The maximum Gasteiger partial charge on any atom is 0.0711 e. The van der Waals surface area contributed by atoms with E-state index in [4.69, 9.17) is 5.32 Å². The molecule has 1 aromatic carbocycles. The number of aryl methyl sites for hydroxylation is 1. The molecule has 0 unspecified atom stereocenters. The van der Waals surface area contributed by atoms with E-state index < -0.39 is 0 Å². The second-order valence-corrected chi connectivity index (χ2v) is 5.51. The Morgan fingerprint density at radius 2 is 2.06 bits per heavy atom. The van der Waals surface area contributed by atoms with Crippen LogP contribution < -0.4 is 5.32 Å². The van der Waals surface area contributed by atoms with Crippen LogP contribution in [0.5, 0.6) is 0 Å². The molecule has 1 radical (unpaired) electrons. The second kappa shape index (κ2) is 5.17. The largest absolute Gasteiger partial charge is 0.253 e. The van der Waals surface area contributed by atoms with Gasteiger partial charge in [-0.15, -0.1) is 0 Å². The molecule has 1 aliphatic heterocycles. The number of hydrogen-bond donors (Lipinski definition) is 0. The number of benzene rings is 1. The normalized spacial score (nSPS) is 16.7. The standard InChI is InChI=1S/C17H22N/c1-2-3-4-5-8-13-9-6-12-16-17(13)14-10-7-11-15(14)18-16/h6,9,12H,2-5,7-8,10-11H2,1H3. The molecule has 1 aliphatic carbocycles. The minimum atomic E-state index is 1.19. The van der Waals surface area contributed by atoms with E-state index in [1.54, 1.807) is 11.1 Å². The Labute approximate surface area is 110 Å². The fourth-order valence-electron chi connectivity index (χ4n) is 3.24. The first-order chi connectivity index (χ1) is 8.90. The van der Waals surface area contributed by atoms with Crippen LogP contribution in [0.25, 0.3) is 5.57 Å². The van der Waals surface area contributed by atoms with Gasteiger partial charge in [-0.1, -0.05) is 38.3 Å². The molecule has 1 aromatic rings. The topological polar surface area (TPSA) is 14.1 Å². The Morgan fingerprint density at radius 3 is 2.94 bits per heavy atom. The summed E-state index contributed by atoms with van der Waals surface area (Å²) < 4.78 is 0. The van der Waals surface area contributed by atoms with Gasteiger partial charge in [0.2, 0.25) is 0 Å². The molecule has 0 N–H and O–H groups in total. The second-order valence-electron chi connectivity index (χ2n) is 5.51. The van der Waals surface area contributed by atoms with Gasteiger partial charge in [0.05, 0.1) is 5.69 Å². The number of nitrogens with zero attached hydrogens (tertiary/aromatic N) is 1. The van der Waals surface area contributed by atoms with Crippen molar-refractivity contribution in [1.29, 1.82) is 0 Å². The van der Waals surface area contributed by atoms with Crippen LogP contribution in [-0.2, 0) is 6.42 Å². The van der Waals surface area contributed by atoms with E-state index in [9.17, 15) is 0 Å². The van der Waals surface area contributed by atoms with Gasteiger partial charge in [-0.25, -0.2) is 0 Å². The number of allylic oxidation sites excluding steroid dienone is 2. The summed E-state index contributed by atoms with van der Waals surface area (Å²) in [4.78, 5) is 0. The summed E-state index contributed by atoms with van der Waals surface area (Å²) in [7, 11) is 0. The van der Waals surface area contributed by atoms with E-state index in [1.165, 1.54) is 68.3 Å². The fraction of sp³-hybridized carbons (Fsp3) is 0.529. The maximum absolute atomic E-state index is 4.80. The molecule has 95 valence electrons. The lowest BCUT2D eigenvalue weighted by Crippen LogP contribution is -1.95. The Morgan fingerprint density at radius 1 is 1.11 bits per heavy atom. The molecule has 0 amide bonds. The zero-order valence-electron chi connectivity index (χ0n) is 11.3. The Kier molecular flexibility index (Phi) is 3.40. The van der Waals surface area contributed by atoms with Crippen LogP contribution in [0.1, 0.15) is 63.0 Å². The molecule has 0 aromatic heterocycles. The molecule has 2 aliphatic rings. The molecule has 1 nitrogen and oxygen atoms in total. The first kappa shape index (κ1) is 11.8. The van der Waals surface area contributed by atoms with Crippen LogP contribution in [0.15, 0.2) is 23.9 Å². The summed E-state index contributed by atoms with van der Waals surface area (Å²) >= 11 is 0. The first-order valence-electron chi connectivity index (χ1n) is 7.46. The molecule has 0 bridgehead atoms. The van der Waals surface area contributed by atoms with Gasteiger partial charge in [0, 0.05) is 11.3 Å². The van der Waals surface area contributed by atoms with Gasteiger partial charge < -0.3 is 0 Å². The summed E-state index contributed by atoms with van der Waals surface area (Å²) in [6.45, 7) is 2.27. The molecular weight excluding hydrogens is 218 g/mol. The monoisotopic (exact) mass is 240 g/mol. The van der Waals surface area contributed by atoms with Crippen molar-refractivity contribution in [2.75, 3.05) is 0 Å². The Bertz CT molecular complexity index is 470. The van der Waals surface area contributed by atoms with Crippen molar-refractivity contribution in [3.63, 3.8) is 0 Å². The highest BCUT2D eigenvalue weighted by molar-refractivity contribution is 5.85. The Hall–Kier alpha value is -1.24. The summed E-state index contributed by atoms with van der Waals surface area (Å²) in [6, 6.07) is 6.68. The van der Waals surface area contributed by atoms with Crippen molar-refractivity contribution in [3.8, 4) is 0 Å². The van der Waals surface area contributed by atoms with Crippen LogP contribution in [0, 0.1) is 0 Å². The molecule has 0 saturated carbocycles. The van der Waals surface area contributed by atoms with Crippen molar-refractivity contribution in [2.45, 2.75) is 58.3 Å². The number of hydrogen-bond acceptors (Lipinski definition) is 0. The molecule has 0 saturated heterocycles. The molecule has 1 heterocycles. The van der Waals surface area contributed by atoms with Crippen molar-refractivity contribution in [1.82, 2.24) is 5.32 Å². The highest BCUT2D eigenvalue weighted by Crippen LogP contribution is 2.45. The lowest BCUT2D eigenvalue weighted by molar-refractivity contribution is 0.666. The lowest BCUT2D eigenvalue weighted by atomic mass is 9.95. The smallest absolute Gasteiger partial charge is 0.0711 e. The SMILES string of the molecule is CCCCCCc1cccc2c1C1=C(CCC1)[N]2. The van der Waals surface area contributed by atoms with E-state index >= 15 is 0 Å². The van der Waals surface area contributed by atoms with Crippen molar-refractivity contribution in [3.05, 3.63) is 35.0 Å². The third-order valence-corrected chi connectivity index (χ3v) is 4.17. The summed E-state index contributed by atoms with van der Waals surface area (Å²) in [5.41, 5.74) is 7.23. The predicted octanol–water partition coefficient (Wildman–Crippen LogP) is 4.95. The average Bonchev–Trinajstić information content (AvgIpc) is 2.94. The van der Waals surface area contributed by atoms with Gasteiger partial charge in [-0.3, -0.25) is 5.32 Å². The zero-order valence-corrected chi connectivity index (χ0v) is 11.3. The predicted molar refractivity (Wildman–Crippen MR) is 76.9 cm³/mol. The molecule has 0 spiro atoms. The van der Waals surface area contributed by atoms with Gasteiger partial charge >= 0.3 is 0 Å². The third-order valence-electron chi connectivity index (χ3n) is 4.17. The number of fused-ring (bicyclic) bond motifs is 2. The quantitative estimate of drug-likeness (QED) is 0.646. The maximum atomic E-state index is 4.80. The summed E-state index contributed by atoms with van der Waals surface area (Å²) in [5, 5.41) is 4.80. The van der Waals surface area contributed by atoms with Crippen LogP contribution in [0.3, 0.4) is 0 Å². The van der Waals surface area contributed by atoms with Gasteiger partial charge in [-0.2, -0.15) is 0 Å². The minimum Gasteiger partial charge on any atom is -0.253 e. The molecule has 3 rings (SSSR count). The third kappa shape index (κ3) is 2.07. The number of rotatable bonds is 5. The molecular formula is C17H22N. The van der Waals surface area contributed by atoms with Gasteiger partial charge in [-0.05, 0) is 49.3 Å². The summed E-state index contributed by atoms with van der Waals surface area (Å²) in [6.07, 6.45) is 10.4. The lowest BCUT2D eigenvalue weighted by Gasteiger charge is -2.10. The average molecular weight is 240 g/mol. The zero-order chi connectivity index (χ0) is 12.4. The Balaban J connectivity index is 1.78. The first-order valence-corrected chi connectivity index (χ1v) is 7.46. The molecule has 18 heavy (non-hydrogen) atoms. The van der Waals surface area contributed by atoms with Crippen LogP contribution in [0.2, 0.25) is 0 Å². The highest BCUT2D eigenvalue weighted by Gasteiger charge is 2.28. The summed E-state index contributed by atoms with van der Waals surface area (Å²) in [5.74, 6) is 0. The number of unbranched alkanes of at least 4 members (excludes halogenated alkanes) is 3. The van der Waals surface area contributed by atoms with Crippen molar-refractivity contribution >= 4 is 11.3 Å². The molecule has 0 atom stereocenters. The van der Waals surface area contributed by atoms with E-state index in [0.29, 0.717) is 0 Å². The van der Waals surface area contributed by atoms with Crippen LogP contribution in [-0.4, -0.2) is 0 Å². The van der Waals surface area contributed by atoms with E-state index in [2.05, 4.69) is 25.1 Å². The molecule has 1 heteroatoms. The van der Waals surface area contributed by atoms with Gasteiger partial charge in [0.15, 0.2) is 0 Å². The van der Waals surface area contributed by atoms with E-state index in [1.807, 2.05) is 0 Å². The van der Waals surface area contributed by atoms with Gasteiger partial charge in [0.1, 0.15) is 0 Å². The van der Waals surface area contributed by atoms with Crippen molar-refractivity contribution in [2.24, 2.45) is 0 Å². The van der Waals surface area contributed by atoms with Crippen LogP contribution >= 0.6 is 0 Å². The van der Waals surface area contributed by atoms with Crippen molar-refractivity contribution < 1.29 is 0 Å². The van der Waals surface area contributed by atoms with Crippen LogP contribution in [0.4, 0.5) is 5.69 Å². The fourth-order valence-corrected chi connectivity index (χ4v) is 3.24. The van der Waals surface area contributed by atoms with E-state index in [-0.39, 0.29) is 0 Å². The minimum absolute atomic E-state index is 1.19. The van der Waals surface area contributed by atoms with Gasteiger partial charge in [0.25, 0.3) is 0 Å². The molecule has 0 fully saturated rings.